The van der Waals surface area contributed by atoms with Crippen LogP contribution in [0.5, 0.6) is 0 Å². The summed E-state index contributed by atoms with van der Waals surface area (Å²) in [6.45, 7) is 18.6. The zero-order chi connectivity index (χ0) is 27.6. The Kier molecular flexibility index (Phi) is 13.4. The number of ether oxygens (including phenoxy) is 4. The maximum atomic E-state index is 13.1. The van der Waals surface area contributed by atoms with Crippen molar-refractivity contribution in [2.45, 2.75) is 102 Å². The van der Waals surface area contributed by atoms with Crippen molar-refractivity contribution in [2.75, 3.05) is 5.75 Å². The number of hydrogen-bond donors (Lipinski definition) is 1. The minimum Gasteiger partial charge on any atom is -0.456 e. The molecule has 8 atom stereocenters. The monoisotopic (exact) mass is 547 g/mol. The maximum Gasteiger partial charge on any atom is 0.303 e. The van der Waals surface area contributed by atoms with Crippen molar-refractivity contribution >= 4 is 40.7 Å². The van der Waals surface area contributed by atoms with Crippen LogP contribution < -0.4 is 4.72 Å². The number of rotatable bonds is 13. The molecule has 9 nitrogen and oxygen atoms in total. The predicted octanol–water partition coefficient (Wildman–Crippen LogP) is 3.45. The number of esters is 3. The van der Waals surface area contributed by atoms with Gasteiger partial charge in [0.2, 0.25) is 0 Å². The number of nitrogens with one attached hydrogen (secondary N) is 1. The van der Waals surface area contributed by atoms with E-state index < -0.39 is 69.5 Å². The topological polar surface area (TPSA) is 117 Å². The van der Waals surface area contributed by atoms with Crippen LogP contribution in [-0.4, -0.2) is 68.5 Å². The number of hydrogen-bond acceptors (Lipinski definition) is 9. The van der Waals surface area contributed by atoms with Crippen LogP contribution in [0.15, 0.2) is 25.3 Å². The molecule has 0 radical (unpaired) electrons. The Balaban J connectivity index is 3.59. The van der Waals surface area contributed by atoms with Crippen LogP contribution >= 0.6 is 11.8 Å². The van der Waals surface area contributed by atoms with Gasteiger partial charge in [-0.2, -0.15) is 0 Å². The van der Waals surface area contributed by atoms with E-state index in [2.05, 4.69) is 17.9 Å². The van der Waals surface area contributed by atoms with Gasteiger partial charge in [0.25, 0.3) is 0 Å². The lowest BCUT2D eigenvalue weighted by Crippen LogP contribution is -2.66. The Morgan fingerprint density at radius 3 is 2.03 bits per heavy atom. The summed E-state index contributed by atoms with van der Waals surface area (Å²) in [5, 5.41) is 0. The molecule has 1 rings (SSSR count). The quantitative estimate of drug-likeness (QED) is 0.160. The molecule has 0 unspecified atom stereocenters. The van der Waals surface area contributed by atoms with Crippen LogP contribution in [0.3, 0.4) is 0 Å². The molecule has 1 fully saturated rings. The molecule has 206 valence electrons. The zero-order valence-corrected chi connectivity index (χ0v) is 23.9. The molecule has 1 aliphatic heterocycles. The maximum absolute atomic E-state index is 13.1. The van der Waals surface area contributed by atoms with Gasteiger partial charge in [0.1, 0.15) is 11.5 Å². The van der Waals surface area contributed by atoms with Crippen molar-refractivity contribution < 1.29 is 37.5 Å². The van der Waals surface area contributed by atoms with E-state index in [-0.39, 0.29) is 5.92 Å². The minimum atomic E-state index is -1.51. The van der Waals surface area contributed by atoms with E-state index in [1.807, 2.05) is 27.7 Å². The fourth-order valence-electron chi connectivity index (χ4n) is 3.58. The average molecular weight is 548 g/mol. The van der Waals surface area contributed by atoms with E-state index in [1.54, 1.807) is 12.2 Å². The molecule has 11 heteroatoms. The molecular formula is C25H41NO8S2. The van der Waals surface area contributed by atoms with Gasteiger partial charge in [0, 0.05) is 20.8 Å². The highest BCUT2D eigenvalue weighted by molar-refractivity contribution is 7.99. The molecule has 36 heavy (non-hydrogen) atoms. The highest BCUT2D eigenvalue weighted by Crippen LogP contribution is 2.37. The van der Waals surface area contributed by atoms with Crippen LogP contribution in [-0.2, 0) is 44.3 Å². The first-order chi connectivity index (χ1) is 16.7. The first-order valence-electron chi connectivity index (χ1n) is 11.9. The lowest BCUT2D eigenvalue weighted by molar-refractivity contribution is -0.236. The van der Waals surface area contributed by atoms with E-state index in [4.69, 9.17) is 18.9 Å². The van der Waals surface area contributed by atoms with Crippen LogP contribution in [0.4, 0.5) is 0 Å². The predicted molar refractivity (Wildman–Crippen MR) is 141 cm³/mol. The Morgan fingerprint density at radius 1 is 1.03 bits per heavy atom. The van der Waals surface area contributed by atoms with Crippen LogP contribution in [0.1, 0.15) is 61.3 Å². The number of allylic oxidation sites excluding steroid dienone is 1. The van der Waals surface area contributed by atoms with Gasteiger partial charge < -0.3 is 18.9 Å². The van der Waals surface area contributed by atoms with Crippen LogP contribution in [0.2, 0.25) is 0 Å². The molecule has 0 saturated carbocycles. The molecule has 1 N–H and O–H groups in total. The second kappa shape index (κ2) is 14.9. The third kappa shape index (κ3) is 9.99. The summed E-state index contributed by atoms with van der Waals surface area (Å²) in [6, 6.07) is -0.639. The summed E-state index contributed by atoms with van der Waals surface area (Å²) < 4.78 is 38.9. The SMILES string of the molecule is C=CCCCS[C@H]1O[C@H]([C@H](N[S@](=O)C(C)(C)C)[C@H](C)C=C)[C@H](OC(C)=O)[C@H](OC(C)=O)[C@H]1OC(C)=O. The molecule has 1 aliphatic rings. The van der Waals surface area contributed by atoms with Crippen molar-refractivity contribution in [3.8, 4) is 0 Å². The fraction of sp³-hybridized carbons (Fsp3) is 0.720. The number of thioether (sulfide) groups is 1. The first kappa shape index (κ1) is 32.3. The summed E-state index contributed by atoms with van der Waals surface area (Å²) in [6.07, 6.45) is 0.850. The van der Waals surface area contributed by atoms with Crippen molar-refractivity contribution in [2.24, 2.45) is 5.92 Å². The summed E-state index contributed by atoms with van der Waals surface area (Å²) >= 11 is 1.40. The van der Waals surface area contributed by atoms with E-state index in [0.717, 1.165) is 12.8 Å². The normalized spacial score (nSPS) is 26.7. The Hall–Kier alpha value is -1.69. The molecular weight excluding hydrogens is 506 g/mol. The number of unbranched alkanes of at least 4 members (excludes halogenated alkanes) is 1. The van der Waals surface area contributed by atoms with Gasteiger partial charge in [-0.1, -0.05) is 19.1 Å². The highest BCUT2D eigenvalue weighted by Gasteiger charge is 2.54. The second-order valence-electron chi connectivity index (χ2n) is 9.61. The smallest absolute Gasteiger partial charge is 0.303 e. The molecule has 0 aromatic heterocycles. The zero-order valence-electron chi connectivity index (χ0n) is 22.3. The van der Waals surface area contributed by atoms with E-state index >= 15 is 0 Å². The molecule has 0 spiro atoms. The van der Waals surface area contributed by atoms with Gasteiger partial charge in [0.05, 0.1) is 21.8 Å². The van der Waals surface area contributed by atoms with Crippen molar-refractivity contribution in [1.29, 1.82) is 0 Å². The molecule has 1 saturated heterocycles. The average Bonchev–Trinajstić information content (AvgIpc) is 2.76. The first-order valence-corrected chi connectivity index (χ1v) is 14.1. The van der Waals surface area contributed by atoms with E-state index in [9.17, 15) is 18.6 Å². The molecule has 0 bridgehead atoms. The van der Waals surface area contributed by atoms with Crippen LogP contribution in [0.25, 0.3) is 0 Å². The molecule has 0 aromatic carbocycles. The van der Waals surface area contributed by atoms with E-state index in [1.165, 1.54) is 32.5 Å². The minimum absolute atomic E-state index is 0.283. The molecule has 0 aliphatic carbocycles. The third-order valence-electron chi connectivity index (χ3n) is 5.36. The summed E-state index contributed by atoms with van der Waals surface area (Å²) in [4.78, 5) is 36.3. The summed E-state index contributed by atoms with van der Waals surface area (Å²) in [5.74, 6) is -1.50. The van der Waals surface area contributed by atoms with Gasteiger partial charge in [-0.3, -0.25) is 14.4 Å². The number of carbonyl (C=O) groups excluding carboxylic acids is 3. The highest BCUT2D eigenvalue weighted by atomic mass is 32.2. The second-order valence-corrected chi connectivity index (χ2v) is 12.8. The lowest BCUT2D eigenvalue weighted by atomic mass is 9.88. The standard InChI is InChI=1S/C25H41NO8S2/c1-10-12-13-14-35-24-23(33-18(6)29)22(32-17(5)28)21(31-16(4)27)20(34-24)19(15(3)11-2)26-36(30)25(7,8)9/h10-11,15,19-24,26H,1-2,12-14H2,3-9H3/t15-,19-,20-,21+,22+,23-,24-,36-/m1/s1. The van der Waals surface area contributed by atoms with Crippen molar-refractivity contribution in [3.63, 3.8) is 0 Å². The Bertz CT molecular complexity index is 812. The summed E-state index contributed by atoms with van der Waals surface area (Å²) in [7, 11) is -1.51. The Labute approximate surface area is 221 Å². The number of carbonyl (C=O) groups is 3. The Morgan fingerprint density at radius 2 is 1.56 bits per heavy atom. The van der Waals surface area contributed by atoms with Crippen LogP contribution in [0, 0.1) is 5.92 Å². The lowest BCUT2D eigenvalue weighted by Gasteiger charge is -2.47. The van der Waals surface area contributed by atoms with Gasteiger partial charge in [-0.05, 0) is 45.3 Å². The largest absolute Gasteiger partial charge is 0.456 e. The van der Waals surface area contributed by atoms with Crippen molar-refractivity contribution in [3.05, 3.63) is 25.3 Å². The fourth-order valence-corrected chi connectivity index (χ4v) is 5.70. The van der Waals surface area contributed by atoms with E-state index in [0.29, 0.717) is 5.75 Å². The van der Waals surface area contributed by atoms with Gasteiger partial charge in [-0.25, -0.2) is 8.93 Å². The van der Waals surface area contributed by atoms with Gasteiger partial charge in [0.15, 0.2) is 18.3 Å². The molecule has 0 amide bonds. The molecule has 0 aromatic rings. The summed E-state index contributed by atoms with van der Waals surface area (Å²) in [5.41, 5.74) is -0.746. The van der Waals surface area contributed by atoms with Crippen molar-refractivity contribution in [1.82, 2.24) is 4.72 Å². The molecule has 1 heterocycles. The third-order valence-corrected chi connectivity index (χ3v) is 8.19. The van der Waals surface area contributed by atoms with Gasteiger partial charge >= 0.3 is 17.9 Å². The van der Waals surface area contributed by atoms with Gasteiger partial charge in [-0.15, -0.1) is 24.9 Å².